The molecule has 0 atom stereocenters. The van der Waals surface area contributed by atoms with Crippen LogP contribution in [0.15, 0.2) is 60.8 Å². The molecule has 0 aliphatic carbocycles. The summed E-state index contributed by atoms with van der Waals surface area (Å²) in [4.78, 5) is 24.3. The van der Waals surface area contributed by atoms with E-state index in [2.05, 4.69) is 31.0 Å². The number of ether oxygens (including phenoxy) is 1. The Hall–Kier alpha value is -3.25. The maximum absolute atomic E-state index is 13.4. The van der Waals surface area contributed by atoms with Crippen molar-refractivity contribution in [3.8, 4) is 5.75 Å². The lowest BCUT2D eigenvalue weighted by Gasteiger charge is -2.19. The molecule has 6 heteroatoms. The van der Waals surface area contributed by atoms with Crippen molar-refractivity contribution in [3.05, 3.63) is 83.2 Å². The average molecular weight is 404 g/mol. The van der Waals surface area contributed by atoms with E-state index < -0.39 is 0 Å². The number of nitrogens with zero attached hydrogens (tertiary/aromatic N) is 3. The van der Waals surface area contributed by atoms with Gasteiger partial charge >= 0.3 is 0 Å². The van der Waals surface area contributed by atoms with Gasteiger partial charge in [-0.3, -0.25) is 14.7 Å². The number of fused-ring (bicyclic) bond motifs is 1. The van der Waals surface area contributed by atoms with Gasteiger partial charge in [0.25, 0.3) is 5.91 Å². The van der Waals surface area contributed by atoms with Crippen molar-refractivity contribution < 1.29 is 9.53 Å². The van der Waals surface area contributed by atoms with Gasteiger partial charge in [0.2, 0.25) is 0 Å². The van der Waals surface area contributed by atoms with E-state index in [-0.39, 0.29) is 5.91 Å². The highest BCUT2D eigenvalue weighted by Gasteiger charge is 2.23. The van der Waals surface area contributed by atoms with Crippen molar-refractivity contribution in [2.24, 2.45) is 0 Å². The van der Waals surface area contributed by atoms with Crippen molar-refractivity contribution in [2.75, 3.05) is 12.0 Å². The number of aryl methyl sites for hydroxylation is 2. The topological polar surface area (TPSA) is 55.3 Å². The van der Waals surface area contributed by atoms with Crippen LogP contribution in [-0.2, 0) is 6.54 Å². The molecule has 2 heterocycles. The Bertz CT molecular complexity index is 1150. The molecule has 0 saturated carbocycles. The number of hydrogen-bond donors (Lipinski definition) is 0. The third kappa shape index (κ3) is 3.84. The molecule has 0 bridgehead atoms. The van der Waals surface area contributed by atoms with Crippen molar-refractivity contribution >= 4 is 32.6 Å². The number of rotatable bonds is 5. The maximum Gasteiger partial charge on any atom is 0.260 e. The molecule has 4 rings (SSSR count). The number of carbonyl (C=O) groups excluding carboxylic acids is 1. The third-order valence-corrected chi connectivity index (χ3v) is 5.98. The number of benzene rings is 2. The lowest BCUT2D eigenvalue weighted by molar-refractivity contribution is 0.0985. The summed E-state index contributed by atoms with van der Waals surface area (Å²) < 4.78 is 6.28. The minimum Gasteiger partial charge on any atom is -0.497 e. The fourth-order valence-electron chi connectivity index (χ4n) is 3.10. The minimum atomic E-state index is -0.119. The molecule has 4 aromatic rings. The summed E-state index contributed by atoms with van der Waals surface area (Å²) in [6.07, 6.45) is 1.73. The summed E-state index contributed by atoms with van der Waals surface area (Å²) in [7, 11) is 1.61. The van der Waals surface area contributed by atoms with Crippen LogP contribution in [0.3, 0.4) is 0 Å². The predicted molar refractivity (Wildman–Crippen MR) is 117 cm³/mol. The van der Waals surface area contributed by atoms with Gasteiger partial charge < -0.3 is 4.74 Å². The molecule has 146 valence electrons. The lowest BCUT2D eigenvalue weighted by Crippen LogP contribution is -2.30. The Morgan fingerprint density at radius 2 is 1.86 bits per heavy atom. The number of anilines is 1. The zero-order valence-corrected chi connectivity index (χ0v) is 17.4. The van der Waals surface area contributed by atoms with Crippen LogP contribution in [0, 0.1) is 13.8 Å². The van der Waals surface area contributed by atoms with Gasteiger partial charge in [-0.15, -0.1) is 0 Å². The van der Waals surface area contributed by atoms with E-state index in [1.807, 2.05) is 18.2 Å². The van der Waals surface area contributed by atoms with Crippen LogP contribution in [0.5, 0.6) is 5.75 Å². The van der Waals surface area contributed by atoms with Gasteiger partial charge in [-0.05, 0) is 67.4 Å². The zero-order chi connectivity index (χ0) is 20.4. The quantitative estimate of drug-likeness (QED) is 0.462. The summed E-state index contributed by atoms with van der Waals surface area (Å²) >= 11 is 1.52. The Kier molecular flexibility index (Phi) is 5.27. The molecule has 0 unspecified atom stereocenters. The molecule has 5 nitrogen and oxygen atoms in total. The summed E-state index contributed by atoms with van der Waals surface area (Å²) in [6, 6.07) is 17.0. The molecular weight excluding hydrogens is 382 g/mol. The highest BCUT2D eigenvalue weighted by Crippen LogP contribution is 2.33. The summed E-state index contributed by atoms with van der Waals surface area (Å²) in [5, 5.41) is 0.667. The van der Waals surface area contributed by atoms with E-state index in [0.717, 1.165) is 21.5 Å². The maximum atomic E-state index is 13.4. The van der Waals surface area contributed by atoms with Gasteiger partial charge in [0.1, 0.15) is 5.75 Å². The molecular formula is C23H21N3O2S. The van der Waals surface area contributed by atoms with Gasteiger partial charge in [0, 0.05) is 11.8 Å². The number of methoxy groups -OCH3 is 1. The zero-order valence-electron chi connectivity index (χ0n) is 16.5. The Balaban J connectivity index is 1.77. The molecule has 2 aromatic heterocycles. The number of amides is 1. The first-order chi connectivity index (χ1) is 14.1. The van der Waals surface area contributed by atoms with Gasteiger partial charge in [0.15, 0.2) is 5.13 Å². The van der Waals surface area contributed by atoms with Crippen LogP contribution < -0.4 is 9.64 Å². The van der Waals surface area contributed by atoms with Crippen LogP contribution in [0.2, 0.25) is 0 Å². The Morgan fingerprint density at radius 1 is 1.07 bits per heavy atom. The highest BCUT2D eigenvalue weighted by molar-refractivity contribution is 7.22. The molecule has 0 N–H and O–H groups in total. The van der Waals surface area contributed by atoms with Gasteiger partial charge in [0.05, 0.1) is 29.6 Å². The fraction of sp³-hybridized carbons (Fsp3) is 0.174. The summed E-state index contributed by atoms with van der Waals surface area (Å²) in [6.45, 7) is 4.49. The molecule has 2 aromatic carbocycles. The highest BCUT2D eigenvalue weighted by atomic mass is 32.1. The molecule has 0 fully saturated rings. The van der Waals surface area contributed by atoms with Crippen molar-refractivity contribution in [1.29, 1.82) is 0 Å². The van der Waals surface area contributed by atoms with Gasteiger partial charge in [-0.25, -0.2) is 4.98 Å². The first kappa shape index (κ1) is 19.1. The van der Waals surface area contributed by atoms with Crippen LogP contribution >= 0.6 is 11.3 Å². The molecule has 1 amide bonds. The Labute approximate surface area is 173 Å². The average Bonchev–Trinajstić information content (AvgIpc) is 3.20. The van der Waals surface area contributed by atoms with Crippen LogP contribution in [-0.4, -0.2) is 23.0 Å². The van der Waals surface area contributed by atoms with Crippen LogP contribution in [0.25, 0.3) is 10.2 Å². The molecule has 0 aliphatic heterocycles. The molecule has 0 radical (unpaired) electrons. The first-order valence-corrected chi connectivity index (χ1v) is 10.1. The second-order valence-corrected chi connectivity index (χ2v) is 7.80. The molecule has 29 heavy (non-hydrogen) atoms. The van der Waals surface area contributed by atoms with Crippen molar-refractivity contribution in [3.63, 3.8) is 0 Å². The van der Waals surface area contributed by atoms with Crippen molar-refractivity contribution in [1.82, 2.24) is 9.97 Å². The number of aromatic nitrogens is 2. The molecule has 0 aliphatic rings. The van der Waals surface area contributed by atoms with E-state index in [9.17, 15) is 4.79 Å². The monoisotopic (exact) mass is 403 g/mol. The van der Waals surface area contributed by atoms with Crippen LogP contribution in [0.4, 0.5) is 5.13 Å². The smallest absolute Gasteiger partial charge is 0.260 e. The van der Waals surface area contributed by atoms with Crippen LogP contribution in [0.1, 0.15) is 27.2 Å². The number of hydrogen-bond acceptors (Lipinski definition) is 5. The number of thiazole rings is 1. The van der Waals surface area contributed by atoms with Gasteiger partial charge in [-0.1, -0.05) is 23.5 Å². The second-order valence-electron chi connectivity index (χ2n) is 6.79. The SMILES string of the molecule is COc1ccc(C(=O)N(Cc2ccccn2)c2nc3c(C)c(C)ccc3s2)cc1. The van der Waals surface area contributed by atoms with E-state index in [4.69, 9.17) is 9.72 Å². The van der Waals surface area contributed by atoms with Crippen molar-refractivity contribution in [2.45, 2.75) is 20.4 Å². The van der Waals surface area contributed by atoms with E-state index in [0.29, 0.717) is 23.0 Å². The largest absolute Gasteiger partial charge is 0.497 e. The normalized spacial score (nSPS) is 10.9. The molecule has 0 saturated heterocycles. The van der Waals surface area contributed by atoms with E-state index >= 15 is 0 Å². The second kappa shape index (κ2) is 8.01. The van der Waals surface area contributed by atoms with E-state index in [1.54, 1.807) is 42.5 Å². The minimum absolute atomic E-state index is 0.119. The lowest BCUT2D eigenvalue weighted by atomic mass is 10.1. The summed E-state index contributed by atoms with van der Waals surface area (Å²) in [5.74, 6) is 0.593. The summed E-state index contributed by atoms with van der Waals surface area (Å²) in [5.41, 5.74) is 4.65. The first-order valence-electron chi connectivity index (χ1n) is 9.29. The Morgan fingerprint density at radius 3 is 2.55 bits per heavy atom. The fourth-order valence-corrected chi connectivity index (χ4v) is 4.12. The third-order valence-electron chi connectivity index (χ3n) is 4.93. The van der Waals surface area contributed by atoms with E-state index in [1.165, 1.54) is 16.9 Å². The standard InChI is InChI=1S/C23H21N3O2S/c1-15-7-12-20-21(16(15)2)25-23(29-20)26(14-18-6-4-5-13-24-18)22(27)17-8-10-19(28-3)11-9-17/h4-13H,14H2,1-3H3. The number of carbonyl (C=O) groups is 1. The predicted octanol–water partition coefficient (Wildman–Crippen LogP) is 5.16. The number of pyridine rings is 1. The van der Waals surface area contributed by atoms with Gasteiger partial charge in [-0.2, -0.15) is 0 Å². The molecule has 0 spiro atoms.